The number of fused-ring (bicyclic) bond motifs is 6. The first-order valence-corrected chi connectivity index (χ1v) is 31.0. The Morgan fingerprint density at radius 3 is 1.24 bits per heavy atom. The normalized spacial score (nSPS) is 13.7. The summed E-state index contributed by atoms with van der Waals surface area (Å²) < 4.78 is 6.96. The third-order valence-corrected chi connectivity index (χ3v) is 18.5. The minimum atomic E-state index is -0.498. The Kier molecular flexibility index (Phi) is 13.6. The van der Waals surface area contributed by atoms with Crippen molar-refractivity contribution in [2.24, 2.45) is 4.40 Å². The second kappa shape index (κ2) is 22.7. The zero-order chi connectivity index (χ0) is 60.1. The molecule has 0 aliphatic heterocycles. The number of anilines is 2. The first-order chi connectivity index (χ1) is 44.5. The molecule has 14 aromatic rings. The highest BCUT2D eigenvalue weighted by atomic mass is 32.1. The number of para-hydroxylation sites is 1. The van der Waals surface area contributed by atoms with Gasteiger partial charge in [-0.25, -0.2) is 4.40 Å². The van der Waals surface area contributed by atoms with Crippen LogP contribution in [0.4, 0.5) is 11.4 Å². The van der Waals surface area contributed by atoms with E-state index in [0.29, 0.717) is 5.71 Å². The van der Waals surface area contributed by atoms with Gasteiger partial charge in [-0.2, -0.15) is 0 Å². The first kappa shape index (κ1) is 54.1. The number of allylic oxidation sites excluding steroid dienone is 4. The molecule has 4 nitrogen and oxygen atoms in total. The molecule has 1 N–H and O–H groups in total. The van der Waals surface area contributed by atoms with E-state index in [1.165, 1.54) is 66.4 Å². The van der Waals surface area contributed by atoms with Crippen LogP contribution in [0.1, 0.15) is 27.8 Å². The van der Waals surface area contributed by atoms with E-state index in [4.69, 9.17) is 0 Å². The summed E-state index contributed by atoms with van der Waals surface area (Å²) >= 11 is 4.61. The third-order valence-electron chi connectivity index (χ3n) is 18.3. The molecule has 1 heterocycles. The molecular formula is C85H58N4S. The predicted molar refractivity (Wildman–Crippen MR) is 380 cm³/mol. The average molecular weight is 1170 g/mol. The van der Waals surface area contributed by atoms with Gasteiger partial charge >= 0.3 is 0 Å². The number of hydrogen-bond donors (Lipinski definition) is 2. The lowest BCUT2D eigenvalue weighted by atomic mass is 9.67. The van der Waals surface area contributed by atoms with Gasteiger partial charge in [-0.1, -0.05) is 261 Å². The fraction of sp³-hybridized carbons (Fsp3) is 0.0118. The summed E-state index contributed by atoms with van der Waals surface area (Å²) in [6.45, 7) is 0. The zero-order valence-electron chi connectivity index (χ0n) is 49.1. The van der Waals surface area contributed by atoms with Crippen LogP contribution in [0, 0.1) is 5.41 Å². The highest BCUT2D eigenvalue weighted by Crippen LogP contribution is 2.57. The van der Waals surface area contributed by atoms with E-state index in [2.05, 4.69) is 348 Å². The Labute approximate surface area is 530 Å². The van der Waals surface area contributed by atoms with Crippen LogP contribution in [-0.4, -0.2) is 16.0 Å². The van der Waals surface area contributed by atoms with Gasteiger partial charge in [0.15, 0.2) is 0 Å². The Hall–Kier alpha value is -11.4. The number of nitrogens with zero attached hydrogens (tertiary/aromatic N) is 3. The van der Waals surface area contributed by atoms with Crippen molar-refractivity contribution in [1.29, 1.82) is 5.41 Å². The van der Waals surface area contributed by atoms with E-state index in [1.807, 2.05) is 18.2 Å². The van der Waals surface area contributed by atoms with Crippen molar-refractivity contribution in [2.45, 2.75) is 5.41 Å². The predicted octanol–water partition coefficient (Wildman–Crippen LogP) is 21.9. The zero-order valence-corrected chi connectivity index (χ0v) is 50.0. The molecule has 0 radical (unpaired) electrons. The van der Waals surface area contributed by atoms with Crippen molar-refractivity contribution < 1.29 is 0 Å². The van der Waals surface area contributed by atoms with Gasteiger partial charge in [0.05, 0.1) is 27.9 Å². The van der Waals surface area contributed by atoms with E-state index in [-0.39, 0.29) is 5.71 Å². The van der Waals surface area contributed by atoms with E-state index in [9.17, 15) is 5.41 Å². The molecule has 0 atom stereocenters. The summed E-state index contributed by atoms with van der Waals surface area (Å²) in [5.41, 5.74) is 27.0. The van der Waals surface area contributed by atoms with Crippen LogP contribution in [0.5, 0.6) is 0 Å². The molecule has 13 aromatic carbocycles. The quantitative estimate of drug-likeness (QED) is 0.0929. The van der Waals surface area contributed by atoms with Crippen molar-refractivity contribution >= 4 is 63.0 Å². The minimum absolute atomic E-state index is 0.290. The monoisotopic (exact) mass is 1170 g/mol. The third kappa shape index (κ3) is 9.25. The number of rotatable bonds is 12. The molecule has 16 rings (SSSR count). The molecule has 0 saturated carbocycles. The van der Waals surface area contributed by atoms with E-state index >= 15 is 0 Å². The molecule has 5 heteroatoms. The van der Waals surface area contributed by atoms with Crippen molar-refractivity contribution in [2.75, 3.05) is 4.90 Å². The molecule has 0 saturated heterocycles. The van der Waals surface area contributed by atoms with Crippen molar-refractivity contribution in [3.63, 3.8) is 0 Å². The highest BCUT2D eigenvalue weighted by molar-refractivity contribution is 7.79. The van der Waals surface area contributed by atoms with Crippen LogP contribution >= 0.6 is 12.8 Å². The number of hydrogen-bond acceptors (Lipinski definition) is 4. The van der Waals surface area contributed by atoms with Gasteiger partial charge in [0.1, 0.15) is 5.71 Å². The van der Waals surface area contributed by atoms with Crippen LogP contribution in [-0.2, 0) is 5.41 Å². The van der Waals surface area contributed by atoms with Crippen molar-refractivity contribution in [3.05, 3.63) is 373 Å². The first-order valence-electron chi connectivity index (χ1n) is 30.6. The maximum Gasteiger partial charge on any atom is 0.121 e. The Morgan fingerprint density at radius 2 is 0.722 bits per heavy atom. The van der Waals surface area contributed by atoms with Crippen LogP contribution in [0.15, 0.2) is 350 Å². The van der Waals surface area contributed by atoms with Gasteiger partial charge < -0.3 is 9.47 Å². The largest absolute Gasteiger partial charge is 0.309 e. The second-order valence-electron chi connectivity index (χ2n) is 23.2. The van der Waals surface area contributed by atoms with Gasteiger partial charge in [-0.3, -0.25) is 5.41 Å². The molecule has 424 valence electrons. The second-order valence-corrected chi connectivity index (χ2v) is 23.4. The molecule has 0 bridgehead atoms. The van der Waals surface area contributed by atoms with Crippen LogP contribution in [0.3, 0.4) is 0 Å². The van der Waals surface area contributed by atoms with Crippen molar-refractivity contribution in [1.82, 2.24) is 4.57 Å². The van der Waals surface area contributed by atoms with Gasteiger partial charge in [0.25, 0.3) is 0 Å². The standard InChI is InChI=1S/C85H58N4S/c86-83-73(64-40-47-72(48-41-64)89-80-51-43-65(61-34-30-59(31-35-61)57-18-6-1-7-19-57)54-76(80)77-55-66(44-52-81(77)89)62-36-32-60(33-37-62)58-20-8-2-9-21-58)50-53-82(84(83)87-90)88(70-26-14-5-15-27-70)71-45-38-63(39-46-71)67-42-49-75-74-28-16-17-29-78(74)85(79(75)56-67,68-22-10-3-11-23-68)69-24-12-4-13-25-69/h1-56,86,90H/b86-83?,87-84-. The summed E-state index contributed by atoms with van der Waals surface area (Å²) in [5, 5.41) is 12.2. The lowest BCUT2D eigenvalue weighted by molar-refractivity contribution is 0.769. The highest BCUT2D eigenvalue weighted by Gasteiger charge is 2.46. The van der Waals surface area contributed by atoms with Gasteiger partial charge in [-0.15, -0.1) is 0 Å². The van der Waals surface area contributed by atoms with E-state index < -0.39 is 5.41 Å². The maximum atomic E-state index is 9.88. The summed E-state index contributed by atoms with van der Waals surface area (Å²) in [7, 11) is 0. The fourth-order valence-electron chi connectivity index (χ4n) is 14.0. The molecule has 0 fully saturated rings. The smallest absolute Gasteiger partial charge is 0.121 e. The molecule has 2 aliphatic rings. The molecule has 2 aliphatic carbocycles. The van der Waals surface area contributed by atoms with E-state index in [0.717, 1.165) is 78.3 Å². The minimum Gasteiger partial charge on any atom is -0.309 e. The van der Waals surface area contributed by atoms with Gasteiger partial charge in [0, 0.05) is 33.4 Å². The molecule has 90 heavy (non-hydrogen) atoms. The lowest BCUT2D eigenvalue weighted by Gasteiger charge is -2.34. The average Bonchev–Trinajstić information content (AvgIpc) is 1.56. The Bertz CT molecular complexity index is 4950. The summed E-state index contributed by atoms with van der Waals surface area (Å²) in [4.78, 5) is 2.18. The summed E-state index contributed by atoms with van der Waals surface area (Å²) in [5.74, 6) is 0. The fourth-order valence-corrected chi connectivity index (χ4v) is 14.2. The van der Waals surface area contributed by atoms with Gasteiger partial charge in [-0.05, 0) is 186 Å². The molecular weight excluding hydrogens is 1110 g/mol. The number of thiol groups is 1. The van der Waals surface area contributed by atoms with Crippen molar-refractivity contribution in [3.8, 4) is 72.4 Å². The SMILES string of the molecule is N=C1C(c2ccc(-n3c4ccc(-c5ccc(-c6ccccc6)cc5)cc4c4cc(-c5ccc(-c6ccccc6)cc5)ccc43)cc2)=CC=C(N(c2ccccc2)c2ccc(-c3ccc4c(c3)C(c3ccccc3)(c3ccccc3)c3ccccc3-4)cc2)/C1=N/S. The van der Waals surface area contributed by atoms with Crippen LogP contribution in [0.25, 0.3) is 99.8 Å². The molecule has 0 amide bonds. The maximum absolute atomic E-state index is 9.88. The van der Waals surface area contributed by atoms with Crippen LogP contribution in [0.2, 0.25) is 0 Å². The topological polar surface area (TPSA) is 44.4 Å². The number of aromatic nitrogens is 1. The van der Waals surface area contributed by atoms with E-state index in [1.54, 1.807) is 0 Å². The molecule has 0 spiro atoms. The summed E-state index contributed by atoms with van der Waals surface area (Å²) in [6.07, 6.45) is 4.13. The Balaban J connectivity index is 0.742. The lowest BCUT2D eigenvalue weighted by Crippen LogP contribution is -2.30. The number of benzene rings is 13. The van der Waals surface area contributed by atoms with Crippen LogP contribution < -0.4 is 4.90 Å². The molecule has 1 aromatic heterocycles. The van der Waals surface area contributed by atoms with Gasteiger partial charge in [0.2, 0.25) is 0 Å². The molecule has 0 unspecified atom stereocenters. The number of nitrogens with one attached hydrogen (secondary N) is 1. The summed E-state index contributed by atoms with van der Waals surface area (Å²) in [6, 6.07) is 118. The Morgan fingerprint density at radius 1 is 0.333 bits per heavy atom.